The third kappa shape index (κ3) is 3.57. The minimum absolute atomic E-state index is 0.655. The summed E-state index contributed by atoms with van der Waals surface area (Å²) in [5.74, 6) is 0. The van der Waals surface area contributed by atoms with Crippen LogP contribution >= 0.6 is 0 Å². The van der Waals surface area contributed by atoms with Crippen molar-refractivity contribution < 1.29 is 4.74 Å². The smallest absolute Gasteiger partial charge is 0.0713 e. The number of methoxy groups -OCH3 is 1. The highest BCUT2D eigenvalue weighted by atomic mass is 16.5. The average molecular weight is 242 g/mol. The Kier molecular flexibility index (Phi) is 4.31. The molecule has 0 amide bonds. The Hall–Kier alpha value is -1.87. The molecule has 0 saturated carbocycles. The number of rotatable bonds is 5. The maximum Gasteiger partial charge on any atom is 0.0713 e. The summed E-state index contributed by atoms with van der Waals surface area (Å²) < 4.78 is 5.13. The molecule has 0 saturated heterocycles. The second kappa shape index (κ2) is 6.17. The van der Waals surface area contributed by atoms with Crippen LogP contribution in [0.3, 0.4) is 0 Å². The van der Waals surface area contributed by atoms with Crippen molar-refractivity contribution in [2.24, 2.45) is 0 Å². The van der Waals surface area contributed by atoms with Gasteiger partial charge < -0.3 is 10.1 Å². The molecule has 0 aliphatic carbocycles. The van der Waals surface area contributed by atoms with Gasteiger partial charge in [0.2, 0.25) is 0 Å². The molecule has 1 heterocycles. The molecule has 3 heteroatoms. The van der Waals surface area contributed by atoms with E-state index in [0.717, 1.165) is 17.9 Å². The predicted molar refractivity (Wildman–Crippen MR) is 73.5 cm³/mol. The van der Waals surface area contributed by atoms with Gasteiger partial charge in [-0.25, -0.2) is 0 Å². The van der Waals surface area contributed by atoms with Crippen LogP contribution in [0.5, 0.6) is 0 Å². The van der Waals surface area contributed by atoms with Gasteiger partial charge in [-0.3, -0.25) is 4.98 Å². The zero-order valence-electron chi connectivity index (χ0n) is 10.8. The topological polar surface area (TPSA) is 34.1 Å². The molecular weight excluding hydrogens is 224 g/mol. The normalized spacial score (nSPS) is 10.3. The summed E-state index contributed by atoms with van der Waals surface area (Å²) in [5, 5.41) is 3.39. The summed E-state index contributed by atoms with van der Waals surface area (Å²) in [6.07, 6.45) is 1.82. The number of aryl methyl sites for hydroxylation is 1. The molecule has 94 valence electrons. The number of ether oxygens (including phenoxy) is 1. The molecule has 2 aromatic rings. The Morgan fingerprint density at radius 2 is 2.00 bits per heavy atom. The molecule has 1 aromatic heterocycles. The van der Waals surface area contributed by atoms with E-state index in [9.17, 15) is 0 Å². The molecular formula is C15H18N2O. The van der Waals surface area contributed by atoms with Crippen molar-refractivity contribution in [3.63, 3.8) is 0 Å². The highest BCUT2D eigenvalue weighted by Crippen LogP contribution is 2.11. The Labute approximate surface area is 108 Å². The Morgan fingerprint density at radius 1 is 1.17 bits per heavy atom. The maximum atomic E-state index is 5.13. The van der Waals surface area contributed by atoms with Gasteiger partial charge in [-0.15, -0.1) is 0 Å². The second-order valence-corrected chi connectivity index (χ2v) is 4.29. The fourth-order valence-electron chi connectivity index (χ4n) is 1.86. The lowest BCUT2D eigenvalue weighted by Gasteiger charge is -2.08. The van der Waals surface area contributed by atoms with Crippen molar-refractivity contribution >= 4 is 5.69 Å². The van der Waals surface area contributed by atoms with E-state index >= 15 is 0 Å². The second-order valence-electron chi connectivity index (χ2n) is 4.29. The van der Waals surface area contributed by atoms with Crippen LogP contribution in [0.1, 0.15) is 16.8 Å². The fourth-order valence-corrected chi connectivity index (χ4v) is 1.86. The number of nitrogens with zero attached hydrogens (tertiary/aromatic N) is 1. The molecule has 1 aromatic carbocycles. The molecule has 0 fully saturated rings. The van der Waals surface area contributed by atoms with Gasteiger partial charge in [0.05, 0.1) is 6.61 Å². The van der Waals surface area contributed by atoms with Crippen LogP contribution in [0.4, 0.5) is 5.69 Å². The molecule has 2 rings (SSSR count). The first-order chi connectivity index (χ1) is 8.78. The molecule has 0 radical (unpaired) electrons. The lowest BCUT2D eigenvalue weighted by atomic mass is 10.1. The first kappa shape index (κ1) is 12.6. The Bertz CT molecular complexity index is 511. The number of hydrogen-bond donors (Lipinski definition) is 1. The first-order valence-corrected chi connectivity index (χ1v) is 6.01. The fraction of sp³-hybridized carbons (Fsp3) is 0.267. The third-order valence-electron chi connectivity index (χ3n) is 2.70. The SMILES string of the molecule is COCc1cccc(CNc2ccnc(C)c2)c1. The number of hydrogen-bond acceptors (Lipinski definition) is 3. The zero-order valence-corrected chi connectivity index (χ0v) is 10.8. The molecule has 0 spiro atoms. The molecule has 0 unspecified atom stereocenters. The van der Waals surface area contributed by atoms with Crippen LogP contribution in [0, 0.1) is 6.92 Å². The van der Waals surface area contributed by atoms with E-state index in [2.05, 4.69) is 34.6 Å². The van der Waals surface area contributed by atoms with Gasteiger partial charge >= 0.3 is 0 Å². The molecule has 0 bridgehead atoms. The lowest BCUT2D eigenvalue weighted by Crippen LogP contribution is -2.00. The van der Waals surface area contributed by atoms with Crippen LogP contribution in [-0.4, -0.2) is 12.1 Å². The minimum Gasteiger partial charge on any atom is -0.381 e. The van der Waals surface area contributed by atoms with E-state index in [0.29, 0.717) is 6.61 Å². The van der Waals surface area contributed by atoms with Crippen molar-refractivity contribution in [3.8, 4) is 0 Å². The molecule has 3 nitrogen and oxygen atoms in total. The number of anilines is 1. The van der Waals surface area contributed by atoms with Crippen LogP contribution in [0.25, 0.3) is 0 Å². The molecule has 18 heavy (non-hydrogen) atoms. The minimum atomic E-state index is 0.655. The van der Waals surface area contributed by atoms with Crippen molar-refractivity contribution in [2.75, 3.05) is 12.4 Å². The number of pyridine rings is 1. The van der Waals surface area contributed by atoms with Crippen LogP contribution in [-0.2, 0) is 17.9 Å². The summed E-state index contributed by atoms with van der Waals surface area (Å²) in [5.41, 5.74) is 4.56. The monoisotopic (exact) mass is 242 g/mol. The predicted octanol–water partition coefficient (Wildman–Crippen LogP) is 3.15. The standard InChI is InChI=1S/C15H18N2O/c1-12-8-15(6-7-16-12)17-10-13-4-3-5-14(9-13)11-18-2/h3-9H,10-11H2,1-2H3,(H,16,17). The van der Waals surface area contributed by atoms with E-state index in [-0.39, 0.29) is 0 Å². The molecule has 0 atom stereocenters. The van der Waals surface area contributed by atoms with Crippen molar-refractivity contribution in [1.29, 1.82) is 0 Å². The summed E-state index contributed by atoms with van der Waals surface area (Å²) in [7, 11) is 1.71. The highest BCUT2D eigenvalue weighted by Gasteiger charge is 1.97. The van der Waals surface area contributed by atoms with Gasteiger partial charge in [-0.1, -0.05) is 24.3 Å². The summed E-state index contributed by atoms with van der Waals surface area (Å²) in [4.78, 5) is 4.18. The third-order valence-corrected chi connectivity index (χ3v) is 2.70. The maximum absolute atomic E-state index is 5.13. The zero-order chi connectivity index (χ0) is 12.8. The summed E-state index contributed by atoms with van der Waals surface area (Å²) >= 11 is 0. The largest absolute Gasteiger partial charge is 0.381 e. The lowest BCUT2D eigenvalue weighted by molar-refractivity contribution is 0.185. The van der Waals surface area contributed by atoms with Crippen molar-refractivity contribution in [2.45, 2.75) is 20.1 Å². The quantitative estimate of drug-likeness (QED) is 0.874. The molecule has 1 N–H and O–H groups in total. The van der Waals surface area contributed by atoms with Gasteiger partial charge in [0.15, 0.2) is 0 Å². The summed E-state index contributed by atoms with van der Waals surface area (Å²) in [6, 6.07) is 12.4. The first-order valence-electron chi connectivity index (χ1n) is 6.01. The Balaban J connectivity index is 1.99. The Morgan fingerprint density at radius 3 is 2.78 bits per heavy atom. The van der Waals surface area contributed by atoms with E-state index < -0.39 is 0 Å². The van der Waals surface area contributed by atoms with Gasteiger partial charge in [-0.05, 0) is 30.2 Å². The number of benzene rings is 1. The highest BCUT2D eigenvalue weighted by molar-refractivity contribution is 5.43. The van der Waals surface area contributed by atoms with E-state index in [1.165, 1.54) is 11.1 Å². The van der Waals surface area contributed by atoms with Gasteiger partial charge in [0, 0.05) is 31.2 Å². The van der Waals surface area contributed by atoms with Crippen LogP contribution < -0.4 is 5.32 Å². The van der Waals surface area contributed by atoms with E-state index in [1.807, 2.05) is 25.3 Å². The van der Waals surface area contributed by atoms with Gasteiger partial charge in [0.25, 0.3) is 0 Å². The van der Waals surface area contributed by atoms with Gasteiger partial charge in [0.1, 0.15) is 0 Å². The van der Waals surface area contributed by atoms with Gasteiger partial charge in [-0.2, -0.15) is 0 Å². The average Bonchev–Trinajstić information content (AvgIpc) is 2.37. The van der Waals surface area contributed by atoms with E-state index in [4.69, 9.17) is 4.74 Å². The molecule has 0 aliphatic rings. The van der Waals surface area contributed by atoms with E-state index in [1.54, 1.807) is 7.11 Å². The number of aromatic nitrogens is 1. The van der Waals surface area contributed by atoms with Crippen molar-refractivity contribution in [1.82, 2.24) is 4.98 Å². The van der Waals surface area contributed by atoms with Crippen LogP contribution in [0.15, 0.2) is 42.6 Å². The van der Waals surface area contributed by atoms with Crippen molar-refractivity contribution in [3.05, 3.63) is 59.4 Å². The van der Waals surface area contributed by atoms with Crippen LogP contribution in [0.2, 0.25) is 0 Å². The molecule has 0 aliphatic heterocycles. The summed E-state index contributed by atoms with van der Waals surface area (Å²) in [6.45, 7) is 3.45. The number of nitrogens with one attached hydrogen (secondary N) is 1.